The van der Waals surface area contributed by atoms with Crippen LogP contribution in [-0.2, 0) is 19.6 Å². The van der Waals surface area contributed by atoms with Crippen LogP contribution in [0.5, 0.6) is 0 Å². The SMILES string of the molecule is CCn1nc(C)c(Br)c1Cn1ccc(=O)n(CCN)c1=O. The first-order valence-electron chi connectivity index (χ1n) is 6.71. The van der Waals surface area contributed by atoms with Crippen molar-refractivity contribution in [3.05, 3.63) is 49.0 Å². The minimum absolute atomic E-state index is 0.214. The number of nitrogens with two attached hydrogens (primary N) is 1. The molecule has 0 unspecified atom stereocenters. The summed E-state index contributed by atoms with van der Waals surface area (Å²) >= 11 is 3.50. The van der Waals surface area contributed by atoms with E-state index in [1.165, 1.54) is 16.8 Å². The van der Waals surface area contributed by atoms with E-state index in [2.05, 4.69) is 21.0 Å². The Kier molecular flexibility index (Phi) is 4.79. The maximum atomic E-state index is 12.3. The quantitative estimate of drug-likeness (QED) is 0.835. The normalized spacial score (nSPS) is 11.0. The summed E-state index contributed by atoms with van der Waals surface area (Å²) < 4.78 is 5.36. The molecule has 0 aliphatic heterocycles. The van der Waals surface area contributed by atoms with Crippen LogP contribution in [0.25, 0.3) is 0 Å². The average Bonchev–Trinajstić information content (AvgIpc) is 2.74. The Morgan fingerprint density at radius 2 is 2.10 bits per heavy atom. The molecule has 0 saturated heterocycles. The number of aromatic nitrogens is 4. The van der Waals surface area contributed by atoms with Gasteiger partial charge in [0, 0.05) is 31.9 Å². The lowest BCUT2D eigenvalue weighted by atomic mass is 10.3. The Morgan fingerprint density at radius 1 is 1.38 bits per heavy atom. The maximum Gasteiger partial charge on any atom is 0.331 e. The van der Waals surface area contributed by atoms with Gasteiger partial charge < -0.3 is 5.73 Å². The molecule has 21 heavy (non-hydrogen) atoms. The summed E-state index contributed by atoms with van der Waals surface area (Å²) in [4.78, 5) is 24.0. The summed E-state index contributed by atoms with van der Waals surface area (Å²) in [5.74, 6) is 0. The first-order chi connectivity index (χ1) is 9.99. The van der Waals surface area contributed by atoms with Crippen LogP contribution in [0.15, 0.2) is 26.3 Å². The molecule has 0 atom stereocenters. The van der Waals surface area contributed by atoms with Gasteiger partial charge >= 0.3 is 5.69 Å². The van der Waals surface area contributed by atoms with Crippen molar-refractivity contribution in [2.45, 2.75) is 33.5 Å². The zero-order chi connectivity index (χ0) is 15.6. The summed E-state index contributed by atoms with van der Waals surface area (Å²) in [5, 5.41) is 4.40. The van der Waals surface area contributed by atoms with E-state index in [0.717, 1.165) is 20.4 Å². The lowest BCUT2D eigenvalue weighted by Crippen LogP contribution is -2.40. The van der Waals surface area contributed by atoms with Gasteiger partial charge in [-0.3, -0.25) is 18.6 Å². The molecular formula is C13H18BrN5O2. The first kappa shape index (κ1) is 15.7. The van der Waals surface area contributed by atoms with Crippen LogP contribution >= 0.6 is 15.9 Å². The second-order valence-corrected chi connectivity index (χ2v) is 5.46. The third-order valence-electron chi connectivity index (χ3n) is 3.27. The van der Waals surface area contributed by atoms with Crippen LogP contribution in [-0.4, -0.2) is 25.5 Å². The second kappa shape index (κ2) is 6.40. The standard InChI is InChI=1S/C13H18BrN5O2/c1-3-19-10(12(14)9(2)16-19)8-17-6-4-11(20)18(7-5-15)13(17)21/h4,6H,3,5,7-8,15H2,1-2H3. The van der Waals surface area contributed by atoms with E-state index in [4.69, 9.17) is 5.73 Å². The lowest BCUT2D eigenvalue weighted by Gasteiger charge is -2.10. The molecule has 0 spiro atoms. The highest BCUT2D eigenvalue weighted by molar-refractivity contribution is 9.10. The van der Waals surface area contributed by atoms with E-state index in [1.54, 1.807) is 0 Å². The number of halogens is 1. The molecule has 0 saturated carbocycles. The number of nitrogens with zero attached hydrogens (tertiary/aromatic N) is 4. The molecule has 0 fully saturated rings. The highest BCUT2D eigenvalue weighted by Crippen LogP contribution is 2.21. The summed E-state index contributed by atoms with van der Waals surface area (Å²) in [6.07, 6.45) is 1.51. The van der Waals surface area contributed by atoms with Crippen molar-refractivity contribution in [1.29, 1.82) is 0 Å². The van der Waals surface area contributed by atoms with Crippen LogP contribution in [0.2, 0.25) is 0 Å². The molecule has 0 radical (unpaired) electrons. The van der Waals surface area contributed by atoms with Gasteiger partial charge in [0.15, 0.2) is 0 Å². The molecule has 0 aliphatic carbocycles. The van der Waals surface area contributed by atoms with Gasteiger partial charge in [-0.1, -0.05) is 0 Å². The molecular weight excluding hydrogens is 338 g/mol. The molecule has 2 aromatic rings. The van der Waals surface area contributed by atoms with Gasteiger partial charge in [-0.15, -0.1) is 0 Å². The van der Waals surface area contributed by atoms with E-state index in [0.29, 0.717) is 13.1 Å². The van der Waals surface area contributed by atoms with E-state index in [-0.39, 0.29) is 24.3 Å². The average molecular weight is 356 g/mol. The molecule has 2 aromatic heterocycles. The highest BCUT2D eigenvalue weighted by atomic mass is 79.9. The van der Waals surface area contributed by atoms with E-state index < -0.39 is 0 Å². The Hall–Kier alpha value is -1.67. The summed E-state index contributed by atoms with van der Waals surface area (Å²) in [6.45, 7) is 5.40. The molecule has 2 heterocycles. The third kappa shape index (κ3) is 3.01. The fourth-order valence-corrected chi connectivity index (χ4v) is 2.60. The van der Waals surface area contributed by atoms with Gasteiger partial charge in [0.1, 0.15) is 0 Å². The summed E-state index contributed by atoms with van der Waals surface area (Å²) in [6, 6.07) is 1.38. The topological polar surface area (TPSA) is 87.8 Å². The van der Waals surface area contributed by atoms with E-state index in [1.807, 2.05) is 18.5 Å². The molecule has 2 N–H and O–H groups in total. The molecule has 0 aromatic carbocycles. The fourth-order valence-electron chi connectivity index (χ4n) is 2.19. The Balaban J connectivity index is 2.48. The molecule has 0 amide bonds. The number of rotatable bonds is 5. The van der Waals surface area contributed by atoms with Gasteiger partial charge in [0.25, 0.3) is 5.56 Å². The number of aryl methyl sites for hydroxylation is 2. The van der Waals surface area contributed by atoms with Crippen molar-refractivity contribution >= 4 is 15.9 Å². The minimum Gasteiger partial charge on any atom is -0.329 e. The zero-order valence-corrected chi connectivity index (χ0v) is 13.6. The molecule has 8 heteroatoms. The van der Waals surface area contributed by atoms with Gasteiger partial charge in [-0.25, -0.2) is 4.79 Å². The van der Waals surface area contributed by atoms with Crippen LogP contribution < -0.4 is 17.0 Å². The van der Waals surface area contributed by atoms with Crippen molar-refractivity contribution in [2.24, 2.45) is 5.73 Å². The van der Waals surface area contributed by atoms with Gasteiger partial charge in [-0.05, 0) is 29.8 Å². The van der Waals surface area contributed by atoms with Gasteiger partial charge in [0.2, 0.25) is 0 Å². The zero-order valence-electron chi connectivity index (χ0n) is 12.0. The van der Waals surface area contributed by atoms with Crippen molar-refractivity contribution in [3.63, 3.8) is 0 Å². The van der Waals surface area contributed by atoms with Crippen molar-refractivity contribution in [2.75, 3.05) is 6.54 Å². The Labute approximate surface area is 130 Å². The molecule has 0 aliphatic rings. The maximum absolute atomic E-state index is 12.3. The molecule has 114 valence electrons. The number of hydrogen-bond donors (Lipinski definition) is 1. The van der Waals surface area contributed by atoms with Gasteiger partial charge in [0.05, 0.1) is 22.4 Å². The van der Waals surface area contributed by atoms with Gasteiger partial charge in [-0.2, -0.15) is 5.10 Å². The molecule has 2 rings (SSSR count). The largest absolute Gasteiger partial charge is 0.331 e. The predicted molar refractivity (Wildman–Crippen MR) is 83.5 cm³/mol. The van der Waals surface area contributed by atoms with Crippen LogP contribution in [0.1, 0.15) is 18.3 Å². The van der Waals surface area contributed by atoms with Crippen LogP contribution in [0.4, 0.5) is 0 Å². The Bertz CT molecular complexity index is 759. The lowest BCUT2D eigenvalue weighted by molar-refractivity contribution is 0.548. The Morgan fingerprint density at radius 3 is 2.71 bits per heavy atom. The van der Waals surface area contributed by atoms with E-state index in [9.17, 15) is 9.59 Å². The second-order valence-electron chi connectivity index (χ2n) is 4.67. The monoisotopic (exact) mass is 355 g/mol. The number of hydrogen-bond acceptors (Lipinski definition) is 4. The fraction of sp³-hybridized carbons (Fsp3) is 0.462. The molecule has 0 bridgehead atoms. The van der Waals surface area contributed by atoms with Crippen molar-refractivity contribution in [3.8, 4) is 0 Å². The predicted octanol–water partition coefficient (Wildman–Crippen LogP) is 0.304. The van der Waals surface area contributed by atoms with Crippen LogP contribution in [0, 0.1) is 6.92 Å². The highest BCUT2D eigenvalue weighted by Gasteiger charge is 2.14. The van der Waals surface area contributed by atoms with Crippen molar-refractivity contribution in [1.82, 2.24) is 18.9 Å². The van der Waals surface area contributed by atoms with Crippen LogP contribution in [0.3, 0.4) is 0 Å². The first-order valence-corrected chi connectivity index (χ1v) is 7.51. The molecule has 7 nitrogen and oxygen atoms in total. The van der Waals surface area contributed by atoms with Crippen molar-refractivity contribution < 1.29 is 0 Å². The minimum atomic E-state index is -0.360. The third-order valence-corrected chi connectivity index (χ3v) is 4.30. The van der Waals surface area contributed by atoms with E-state index >= 15 is 0 Å². The smallest absolute Gasteiger partial charge is 0.329 e. The summed E-state index contributed by atoms with van der Waals surface area (Å²) in [7, 11) is 0. The summed E-state index contributed by atoms with van der Waals surface area (Å²) in [5.41, 5.74) is 6.52.